The van der Waals surface area contributed by atoms with Crippen LogP contribution in [0.4, 0.5) is 0 Å². The molecule has 0 saturated heterocycles. The molecule has 2 heterocycles. The van der Waals surface area contributed by atoms with Crippen molar-refractivity contribution in [3.05, 3.63) is 29.3 Å². The smallest absolute Gasteiger partial charge is 0.235 e. The van der Waals surface area contributed by atoms with Gasteiger partial charge in [-0.05, 0) is 13.0 Å². The summed E-state index contributed by atoms with van der Waals surface area (Å²) in [5.41, 5.74) is 1.04. The topological polar surface area (TPSA) is 30.2 Å². The Hall–Kier alpha value is -1.09. The van der Waals surface area contributed by atoms with Gasteiger partial charge in [-0.15, -0.1) is 0 Å². The van der Waals surface area contributed by atoms with Gasteiger partial charge in [0.1, 0.15) is 5.15 Å². The molecular weight excluding hydrogens is 162 g/mol. The third-order valence-electron chi connectivity index (χ3n) is 1.54. The molecule has 2 rings (SSSR count). The zero-order valence-corrected chi connectivity index (χ0v) is 6.71. The molecule has 0 bridgehead atoms. The van der Waals surface area contributed by atoms with E-state index in [1.54, 1.807) is 12.3 Å². The van der Waals surface area contributed by atoms with Crippen molar-refractivity contribution >= 4 is 17.4 Å². The van der Waals surface area contributed by atoms with Crippen molar-refractivity contribution in [2.24, 2.45) is 0 Å². The Morgan fingerprint density at radius 1 is 1.55 bits per heavy atom. The normalized spacial score (nSPS) is 10.7. The fourth-order valence-corrected chi connectivity index (χ4v) is 1.26. The van der Waals surface area contributed by atoms with E-state index in [-0.39, 0.29) is 0 Å². The molecule has 0 amide bonds. The fraction of sp³-hybridized carbons (Fsp3) is 0.143. The summed E-state index contributed by atoms with van der Waals surface area (Å²) in [6.07, 6.45) is 3.56. The Labute approximate surface area is 68.7 Å². The molecule has 2 aromatic rings. The Kier molecular flexibility index (Phi) is 1.32. The summed E-state index contributed by atoms with van der Waals surface area (Å²) in [7, 11) is 0. The van der Waals surface area contributed by atoms with Gasteiger partial charge in [0.25, 0.3) is 0 Å². The van der Waals surface area contributed by atoms with Gasteiger partial charge in [-0.3, -0.25) is 4.40 Å². The molecule has 56 valence electrons. The first kappa shape index (κ1) is 6.61. The van der Waals surface area contributed by atoms with Crippen LogP contribution in [0.2, 0.25) is 5.15 Å². The second-order valence-corrected chi connectivity index (χ2v) is 2.70. The molecule has 4 heteroatoms. The lowest BCUT2D eigenvalue weighted by Gasteiger charge is -1.97. The van der Waals surface area contributed by atoms with Crippen molar-refractivity contribution in [3.8, 4) is 0 Å². The monoisotopic (exact) mass is 167 g/mol. The molecule has 3 nitrogen and oxygen atoms in total. The fourth-order valence-electron chi connectivity index (χ4n) is 1.02. The van der Waals surface area contributed by atoms with E-state index in [0.29, 0.717) is 10.9 Å². The van der Waals surface area contributed by atoms with Gasteiger partial charge in [0, 0.05) is 18.1 Å². The minimum absolute atomic E-state index is 0.487. The van der Waals surface area contributed by atoms with E-state index in [1.165, 1.54) is 0 Å². The lowest BCUT2D eigenvalue weighted by molar-refractivity contribution is 1.04. The lowest BCUT2D eigenvalue weighted by Crippen LogP contribution is -1.92. The second-order valence-electron chi connectivity index (χ2n) is 2.32. The van der Waals surface area contributed by atoms with Gasteiger partial charge in [0.15, 0.2) is 0 Å². The van der Waals surface area contributed by atoms with Crippen molar-refractivity contribution < 1.29 is 0 Å². The molecule has 0 N–H and O–H groups in total. The third-order valence-corrected chi connectivity index (χ3v) is 1.73. The minimum atomic E-state index is 0.487. The van der Waals surface area contributed by atoms with Crippen molar-refractivity contribution in [1.29, 1.82) is 0 Å². The number of imidazole rings is 1. The standard InChI is InChI=1S/C7H6ClN3/c1-5-4-6(8)10-7-9-2-3-11(5)7/h2-4H,1H3. The Morgan fingerprint density at radius 3 is 3.18 bits per heavy atom. The summed E-state index contributed by atoms with van der Waals surface area (Å²) in [6.45, 7) is 1.96. The number of halogens is 1. The zero-order chi connectivity index (χ0) is 7.84. The zero-order valence-electron chi connectivity index (χ0n) is 5.95. The summed E-state index contributed by atoms with van der Waals surface area (Å²) >= 11 is 5.72. The number of aryl methyl sites for hydroxylation is 1. The average molecular weight is 168 g/mol. The highest BCUT2D eigenvalue weighted by Gasteiger charge is 1.99. The number of hydrogen-bond donors (Lipinski definition) is 0. The Balaban J connectivity index is 2.91. The summed E-state index contributed by atoms with van der Waals surface area (Å²) < 4.78 is 1.88. The Morgan fingerprint density at radius 2 is 2.36 bits per heavy atom. The van der Waals surface area contributed by atoms with Crippen molar-refractivity contribution in [3.63, 3.8) is 0 Å². The molecule has 0 atom stereocenters. The van der Waals surface area contributed by atoms with E-state index < -0.39 is 0 Å². The van der Waals surface area contributed by atoms with Gasteiger partial charge in [0.05, 0.1) is 0 Å². The minimum Gasteiger partial charge on any atom is -0.288 e. The predicted molar refractivity (Wildman–Crippen MR) is 42.7 cm³/mol. The molecular formula is C7H6ClN3. The van der Waals surface area contributed by atoms with Gasteiger partial charge in [0.2, 0.25) is 5.78 Å². The van der Waals surface area contributed by atoms with Crippen molar-refractivity contribution in [2.75, 3.05) is 0 Å². The van der Waals surface area contributed by atoms with Crippen LogP contribution >= 0.6 is 11.6 Å². The van der Waals surface area contributed by atoms with E-state index in [2.05, 4.69) is 9.97 Å². The molecule has 0 aromatic carbocycles. The van der Waals surface area contributed by atoms with Crippen molar-refractivity contribution in [1.82, 2.24) is 14.4 Å². The second kappa shape index (κ2) is 2.20. The summed E-state index contributed by atoms with van der Waals surface area (Å²) in [4.78, 5) is 8.02. The average Bonchev–Trinajstić information content (AvgIpc) is 2.34. The van der Waals surface area contributed by atoms with Crippen LogP contribution in [0.1, 0.15) is 5.69 Å². The van der Waals surface area contributed by atoms with E-state index in [1.807, 2.05) is 17.5 Å². The molecule has 0 spiro atoms. The van der Waals surface area contributed by atoms with Crippen molar-refractivity contribution in [2.45, 2.75) is 6.92 Å². The van der Waals surface area contributed by atoms with Crippen LogP contribution in [0.3, 0.4) is 0 Å². The number of hydrogen-bond acceptors (Lipinski definition) is 2. The number of rotatable bonds is 0. The molecule has 0 aliphatic heterocycles. The highest BCUT2D eigenvalue weighted by Crippen LogP contribution is 2.09. The van der Waals surface area contributed by atoms with Crippen LogP contribution in [0.15, 0.2) is 18.5 Å². The Bertz CT molecular complexity index is 393. The SMILES string of the molecule is Cc1cc(Cl)nc2nccn12. The molecule has 11 heavy (non-hydrogen) atoms. The van der Waals surface area contributed by atoms with Gasteiger partial charge >= 0.3 is 0 Å². The first-order valence-electron chi connectivity index (χ1n) is 3.23. The first-order valence-corrected chi connectivity index (χ1v) is 3.61. The summed E-state index contributed by atoms with van der Waals surface area (Å²) in [5.74, 6) is 0.648. The quantitative estimate of drug-likeness (QED) is 0.559. The van der Waals surface area contributed by atoms with Crippen LogP contribution < -0.4 is 0 Å². The largest absolute Gasteiger partial charge is 0.288 e. The van der Waals surface area contributed by atoms with Crippen LogP contribution in [0.5, 0.6) is 0 Å². The third kappa shape index (κ3) is 0.973. The number of aromatic nitrogens is 3. The highest BCUT2D eigenvalue weighted by atomic mass is 35.5. The van der Waals surface area contributed by atoms with Gasteiger partial charge < -0.3 is 0 Å². The first-order chi connectivity index (χ1) is 5.27. The summed E-state index contributed by atoms with van der Waals surface area (Å²) in [5, 5.41) is 0.487. The molecule has 0 radical (unpaired) electrons. The van der Waals surface area contributed by atoms with Gasteiger partial charge in [-0.25, -0.2) is 9.97 Å². The van der Waals surface area contributed by atoms with Gasteiger partial charge in [-0.1, -0.05) is 11.6 Å². The maximum Gasteiger partial charge on any atom is 0.235 e. The van der Waals surface area contributed by atoms with Crippen LogP contribution in [0.25, 0.3) is 5.78 Å². The van der Waals surface area contributed by atoms with E-state index in [4.69, 9.17) is 11.6 Å². The van der Waals surface area contributed by atoms with E-state index in [9.17, 15) is 0 Å². The van der Waals surface area contributed by atoms with Crippen LogP contribution in [-0.4, -0.2) is 14.4 Å². The predicted octanol–water partition coefficient (Wildman–Crippen LogP) is 1.69. The maximum atomic E-state index is 5.72. The molecule has 0 saturated carbocycles. The lowest BCUT2D eigenvalue weighted by atomic mass is 10.4. The number of fused-ring (bicyclic) bond motifs is 1. The molecule has 2 aromatic heterocycles. The number of nitrogens with zero attached hydrogens (tertiary/aromatic N) is 3. The van der Waals surface area contributed by atoms with Gasteiger partial charge in [-0.2, -0.15) is 0 Å². The highest BCUT2D eigenvalue weighted by molar-refractivity contribution is 6.29. The van der Waals surface area contributed by atoms with Crippen LogP contribution in [-0.2, 0) is 0 Å². The maximum absolute atomic E-state index is 5.72. The molecule has 0 aliphatic rings. The molecule has 0 aliphatic carbocycles. The van der Waals surface area contributed by atoms with E-state index in [0.717, 1.165) is 5.69 Å². The molecule has 0 fully saturated rings. The van der Waals surface area contributed by atoms with E-state index >= 15 is 0 Å². The molecule has 0 unspecified atom stereocenters. The van der Waals surface area contributed by atoms with Crippen LogP contribution in [0, 0.1) is 6.92 Å². The summed E-state index contributed by atoms with van der Waals surface area (Å²) in [6, 6.07) is 1.80.